The highest BCUT2D eigenvalue weighted by Gasteiger charge is 2.31. The Bertz CT molecular complexity index is 1140. The van der Waals surface area contributed by atoms with Crippen molar-refractivity contribution in [1.29, 1.82) is 0 Å². The summed E-state index contributed by atoms with van der Waals surface area (Å²) in [7, 11) is -1.03. The Morgan fingerprint density at radius 3 is 2.31 bits per heavy atom. The van der Waals surface area contributed by atoms with E-state index in [-0.39, 0.29) is 23.9 Å². The molecule has 0 radical (unpaired) electrons. The van der Waals surface area contributed by atoms with Gasteiger partial charge in [0.1, 0.15) is 24.1 Å². The van der Waals surface area contributed by atoms with Crippen molar-refractivity contribution in [1.82, 2.24) is 10.2 Å². The van der Waals surface area contributed by atoms with Crippen LogP contribution in [0.4, 0.5) is 5.69 Å². The maximum atomic E-state index is 13.6. The van der Waals surface area contributed by atoms with Crippen molar-refractivity contribution in [2.45, 2.75) is 39.3 Å². The zero-order chi connectivity index (χ0) is 26.9. The monoisotopic (exact) mass is 583 g/mol. The Morgan fingerprint density at radius 1 is 1.08 bits per heavy atom. The molecule has 0 aliphatic heterocycles. The van der Waals surface area contributed by atoms with Crippen LogP contribution in [0, 0.1) is 0 Å². The molecule has 2 rings (SSSR count). The number of anilines is 1. The lowest BCUT2D eigenvalue weighted by molar-refractivity contribution is -0.139. The molecule has 198 valence electrons. The van der Waals surface area contributed by atoms with E-state index in [1.807, 2.05) is 31.2 Å². The van der Waals surface area contributed by atoms with Gasteiger partial charge < -0.3 is 19.7 Å². The Hall–Kier alpha value is -2.79. The molecule has 0 heterocycles. The summed E-state index contributed by atoms with van der Waals surface area (Å²) >= 11 is 3.39. The highest BCUT2D eigenvalue weighted by molar-refractivity contribution is 9.10. The lowest BCUT2D eigenvalue weighted by atomic mass is 10.1. The Labute approximate surface area is 221 Å². The van der Waals surface area contributed by atoms with E-state index in [0.717, 1.165) is 33.4 Å². The number of carbonyl (C=O) groups excluding carboxylic acids is 2. The molecular formula is C25H34BrN3O6S. The molecule has 0 bridgehead atoms. The van der Waals surface area contributed by atoms with Crippen LogP contribution < -0.4 is 19.1 Å². The number of amides is 2. The minimum absolute atomic E-state index is 0.126. The molecule has 0 saturated carbocycles. The van der Waals surface area contributed by atoms with Gasteiger partial charge in [-0.2, -0.15) is 0 Å². The summed E-state index contributed by atoms with van der Waals surface area (Å²) in [6, 6.07) is 11.2. The number of nitrogens with zero attached hydrogens (tertiary/aromatic N) is 2. The highest BCUT2D eigenvalue weighted by Crippen LogP contribution is 2.34. The summed E-state index contributed by atoms with van der Waals surface area (Å²) in [6.07, 6.45) is 2.75. The number of sulfonamides is 1. The van der Waals surface area contributed by atoms with Crippen molar-refractivity contribution in [3.63, 3.8) is 0 Å². The maximum Gasteiger partial charge on any atom is 0.244 e. The third kappa shape index (κ3) is 8.12. The van der Waals surface area contributed by atoms with Crippen LogP contribution in [0.2, 0.25) is 0 Å². The van der Waals surface area contributed by atoms with Crippen LogP contribution in [0.25, 0.3) is 0 Å². The number of benzene rings is 2. The van der Waals surface area contributed by atoms with Crippen molar-refractivity contribution < 1.29 is 27.5 Å². The summed E-state index contributed by atoms with van der Waals surface area (Å²) in [4.78, 5) is 27.9. The second kappa shape index (κ2) is 13.5. The molecule has 0 spiro atoms. The molecule has 0 aliphatic carbocycles. The van der Waals surface area contributed by atoms with Crippen molar-refractivity contribution >= 4 is 43.5 Å². The fourth-order valence-electron chi connectivity index (χ4n) is 3.49. The van der Waals surface area contributed by atoms with Crippen molar-refractivity contribution in [3.05, 3.63) is 52.5 Å². The first-order chi connectivity index (χ1) is 17.0. The van der Waals surface area contributed by atoms with E-state index in [0.29, 0.717) is 12.3 Å². The Kier molecular flexibility index (Phi) is 11.0. The molecule has 0 aliphatic rings. The summed E-state index contributed by atoms with van der Waals surface area (Å²) in [5.41, 5.74) is 0.959. The second-order valence-corrected chi connectivity index (χ2v) is 11.1. The molecule has 0 aromatic heterocycles. The van der Waals surface area contributed by atoms with Gasteiger partial charge in [-0.25, -0.2) is 8.42 Å². The van der Waals surface area contributed by atoms with Gasteiger partial charge in [0.05, 0.1) is 26.2 Å². The summed E-state index contributed by atoms with van der Waals surface area (Å²) in [5, 5.41) is 2.85. The van der Waals surface area contributed by atoms with E-state index in [9.17, 15) is 18.0 Å². The summed E-state index contributed by atoms with van der Waals surface area (Å²) in [6.45, 7) is 3.75. The van der Waals surface area contributed by atoms with Crippen LogP contribution in [0.15, 0.2) is 46.9 Å². The SMILES string of the molecule is CCCCNC(=O)[C@H](C)N(Cc1ccc(Br)cc1)C(=O)CN(c1cc(OC)ccc1OC)S(C)(=O)=O. The van der Waals surface area contributed by atoms with Gasteiger partial charge in [-0.05, 0) is 43.2 Å². The van der Waals surface area contributed by atoms with Crippen molar-refractivity contribution in [2.24, 2.45) is 0 Å². The minimum atomic E-state index is -3.90. The summed E-state index contributed by atoms with van der Waals surface area (Å²) in [5.74, 6) is -0.175. The number of hydrogen-bond donors (Lipinski definition) is 1. The van der Waals surface area contributed by atoms with Gasteiger partial charge in [0.25, 0.3) is 0 Å². The quantitative estimate of drug-likeness (QED) is 0.361. The van der Waals surface area contributed by atoms with Crippen LogP contribution in [0.5, 0.6) is 11.5 Å². The molecule has 0 saturated heterocycles. The molecule has 1 atom stereocenters. The summed E-state index contributed by atoms with van der Waals surface area (Å²) < 4.78 is 38.1. The fraction of sp³-hybridized carbons (Fsp3) is 0.440. The second-order valence-electron chi connectivity index (χ2n) is 8.28. The van der Waals surface area contributed by atoms with E-state index in [2.05, 4.69) is 21.2 Å². The topological polar surface area (TPSA) is 105 Å². The average molecular weight is 585 g/mol. The largest absolute Gasteiger partial charge is 0.497 e. The van der Waals surface area contributed by atoms with Crippen LogP contribution in [-0.2, 0) is 26.2 Å². The molecular weight excluding hydrogens is 550 g/mol. The average Bonchev–Trinajstić information content (AvgIpc) is 2.85. The van der Waals surface area contributed by atoms with Crippen molar-refractivity contribution in [2.75, 3.05) is 37.9 Å². The normalized spacial score (nSPS) is 11.9. The lowest BCUT2D eigenvalue weighted by Gasteiger charge is -2.32. The number of nitrogens with one attached hydrogen (secondary N) is 1. The number of hydrogen-bond acceptors (Lipinski definition) is 6. The molecule has 0 fully saturated rings. The Morgan fingerprint density at radius 2 is 1.75 bits per heavy atom. The van der Waals surface area contributed by atoms with E-state index in [1.165, 1.54) is 25.2 Å². The van der Waals surface area contributed by atoms with Gasteiger partial charge in [-0.3, -0.25) is 13.9 Å². The van der Waals surface area contributed by atoms with Gasteiger partial charge in [0.2, 0.25) is 21.8 Å². The number of methoxy groups -OCH3 is 2. The molecule has 1 N–H and O–H groups in total. The van der Waals surface area contributed by atoms with E-state index >= 15 is 0 Å². The zero-order valence-corrected chi connectivity index (χ0v) is 23.7. The van der Waals surface area contributed by atoms with E-state index in [4.69, 9.17) is 9.47 Å². The van der Waals surface area contributed by atoms with Crippen molar-refractivity contribution in [3.8, 4) is 11.5 Å². The van der Waals surface area contributed by atoms with Gasteiger partial charge in [-0.1, -0.05) is 41.4 Å². The van der Waals surface area contributed by atoms with E-state index in [1.54, 1.807) is 19.1 Å². The molecule has 36 heavy (non-hydrogen) atoms. The fourth-order valence-corrected chi connectivity index (χ4v) is 4.60. The van der Waals surface area contributed by atoms with Crippen LogP contribution in [0.3, 0.4) is 0 Å². The first-order valence-electron chi connectivity index (χ1n) is 11.5. The minimum Gasteiger partial charge on any atom is -0.497 e. The third-order valence-electron chi connectivity index (χ3n) is 5.60. The van der Waals surface area contributed by atoms with Crippen LogP contribution >= 0.6 is 15.9 Å². The van der Waals surface area contributed by atoms with E-state index < -0.39 is 28.5 Å². The highest BCUT2D eigenvalue weighted by atomic mass is 79.9. The van der Waals surface area contributed by atoms with Gasteiger partial charge >= 0.3 is 0 Å². The van der Waals surface area contributed by atoms with Gasteiger partial charge in [0.15, 0.2) is 0 Å². The lowest BCUT2D eigenvalue weighted by Crippen LogP contribution is -2.51. The predicted octanol–water partition coefficient (Wildman–Crippen LogP) is 3.57. The van der Waals surface area contributed by atoms with Crippen LogP contribution in [0.1, 0.15) is 32.3 Å². The molecule has 2 aromatic rings. The number of carbonyl (C=O) groups is 2. The van der Waals surface area contributed by atoms with Gasteiger partial charge in [-0.15, -0.1) is 0 Å². The molecule has 2 aromatic carbocycles. The first kappa shape index (κ1) is 29.4. The van der Waals surface area contributed by atoms with Crippen LogP contribution in [-0.4, -0.2) is 64.7 Å². The molecule has 2 amide bonds. The van der Waals surface area contributed by atoms with Gasteiger partial charge in [0, 0.05) is 23.6 Å². The first-order valence-corrected chi connectivity index (χ1v) is 14.2. The number of halogens is 1. The Balaban J connectivity index is 2.43. The molecule has 0 unspecified atom stereocenters. The zero-order valence-electron chi connectivity index (χ0n) is 21.3. The smallest absolute Gasteiger partial charge is 0.244 e. The number of ether oxygens (including phenoxy) is 2. The third-order valence-corrected chi connectivity index (χ3v) is 7.25. The molecule has 11 heteroatoms. The standard InChI is InChI=1S/C25H34BrN3O6S/c1-6-7-14-27-25(31)18(2)28(16-19-8-10-20(26)11-9-19)24(30)17-29(36(5,32)33)22-15-21(34-3)12-13-23(22)35-4/h8-13,15,18H,6-7,14,16-17H2,1-5H3,(H,27,31)/t18-/m0/s1. The predicted molar refractivity (Wildman–Crippen MR) is 144 cm³/mol. The maximum absolute atomic E-state index is 13.6. The number of unbranched alkanes of at least 4 members (excludes halogenated alkanes) is 1. The number of rotatable bonds is 13. The molecule has 9 nitrogen and oxygen atoms in total.